The second-order valence-corrected chi connectivity index (χ2v) is 6.84. The Morgan fingerprint density at radius 2 is 2.06 bits per heavy atom. The lowest BCUT2D eigenvalue weighted by molar-refractivity contribution is 0.357. The van der Waals surface area contributed by atoms with E-state index in [4.69, 9.17) is 0 Å². The van der Waals surface area contributed by atoms with Crippen molar-refractivity contribution in [1.29, 1.82) is 0 Å². The van der Waals surface area contributed by atoms with Gasteiger partial charge >= 0.3 is 0 Å². The van der Waals surface area contributed by atoms with Crippen LogP contribution in [0.15, 0.2) is 22.9 Å². The van der Waals surface area contributed by atoms with Gasteiger partial charge in [0.15, 0.2) is 0 Å². The van der Waals surface area contributed by atoms with Gasteiger partial charge < -0.3 is 0 Å². The van der Waals surface area contributed by atoms with Gasteiger partial charge in [-0.05, 0) is 41.4 Å². The molecule has 1 heterocycles. The number of halogens is 1. The third-order valence-corrected chi connectivity index (χ3v) is 5.13. The zero-order chi connectivity index (χ0) is 13.1. The SMILES string of the molecule is CCN([C@@H](C)c1cncc(Br)c1)S(=O)(=O)CC. The molecule has 0 spiro atoms. The molecule has 0 radical (unpaired) electrons. The zero-order valence-electron chi connectivity index (χ0n) is 10.2. The highest BCUT2D eigenvalue weighted by Crippen LogP contribution is 2.24. The van der Waals surface area contributed by atoms with Crippen molar-refractivity contribution in [3.63, 3.8) is 0 Å². The molecule has 0 aliphatic heterocycles. The average Bonchev–Trinajstić information content (AvgIpc) is 2.29. The van der Waals surface area contributed by atoms with E-state index in [1.54, 1.807) is 19.3 Å². The van der Waals surface area contributed by atoms with Crippen LogP contribution in [0.1, 0.15) is 32.4 Å². The number of rotatable bonds is 5. The first kappa shape index (κ1) is 14.6. The highest BCUT2D eigenvalue weighted by Gasteiger charge is 2.25. The maximum atomic E-state index is 11.9. The molecule has 6 heteroatoms. The summed E-state index contributed by atoms with van der Waals surface area (Å²) in [6.07, 6.45) is 3.38. The highest BCUT2D eigenvalue weighted by atomic mass is 79.9. The molecular weight excluding hydrogens is 304 g/mol. The molecule has 0 saturated carbocycles. The topological polar surface area (TPSA) is 50.3 Å². The molecule has 1 rings (SSSR count). The van der Waals surface area contributed by atoms with Gasteiger partial charge in [-0.1, -0.05) is 6.92 Å². The molecule has 0 saturated heterocycles. The van der Waals surface area contributed by atoms with Crippen LogP contribution in [0.25, 0.3) is 0 Å². The quantitative estimate of drug-likeness (QED) is 0.837. The molecule has 0 fully saturated rings. The lowest BCUT2D eigenvalue weighted by Crippen LogP contribution is -2.34. The second-order valence-electron chi connectivity index (χ2n) is 3.72. The molecule has 0 amide bonds. The van der Waals surface area contributed by atoms with Crippen molar-refractivity contribution in [2.45, 2.75) is 26.8 Å². The standard InChI is InChI=1S/C11H17BrN2O2S/c1-4-14(17(15,16)5-2)9(3)10-6-11(12)8-13-7-10/h6-9H,4-5H2,1-3H3/t9-/m0/s1. The monoisotopic (exact) mass is 320 g/mol. The number of pyridine rings is 1. The number of hydrogen-bond donors (Lipinski definition) is 0. The first-order chi connectivity index (χ1) is 7.92. The molecule has 96 valence electrons. The van der Waals surface area contributed by atoms with Crippen molar-refractivity contribution in [3.8, 4) is 0 Å². The van der Waals surface area contributed by atoms with E-state index in [0.717, 1.165) is 10.0 Å². The lowest BCUT2D eigenvalue weighted by atomic mass is 10.1. The normalized spacial score (nSPS) is 13.9. The molecule has 4 nitrogen and oxygen atoms in total. The Morgan fingerprint density at radius 3 is 2.53 bits per heavy atom. The summed E-state index contributed by atoms with van der Waals surface area (Å²) in [6.45, 7) is 5.84. The molecule has 1 atom stereocenters. The van der Waals surface area contributed by atoms with Crippen LogP contribution in [-0.2, 0) is 10.0 Å². The summed E-state index contributed by atoms with van der Waals surface area (Å²) in [5.74, 6) is 0.118. The van der Waals surface area contributed by atoms with Gasteiger partial charge in [0.05, 0.1) is 5.75 Å². The Hall–Kier alpha value is -0.460. The van der Waals surface area contributed by atoms with E-state index in [2.05, 4.69) is 20.9 Å². The summed E-state index contributed by atoms with van der Waals surface area (Å²) in [4.78, 5) is 4.06. The van der Waals surface area contributed by atoms with E-state index in [9.17, 15) is 8.42 Å². The van der Waals surface area contributed by atoms with Crippen LogP contribution in [0.3, 0.4) is 0 Å². The third kappa shape index (κ3) is 3.50. The minimum absolute atomic E-state index is 0.118. The molecule has 0 aliphatic carbocycles. The second kappa shape index (κ2) is 5.93. The van der Waals surface area contributed by atoms with Crippen LogP contribution in [0, 0.1) is 0 Å². The lowest BCUT2D eigenvalue weighted by Gasteiger charge is -2.26. The maximum absolute atomic E-state index is 11.9. The van der Waals surface area contributed by atoms with E-state index >= 15 is 0 Å². The van der Waals surface area contributed by atoms with Crippen LogP contribution in [-0.4, -0.2) is 30.0 Å². The van der Waals surface area contributed by atoms with Gasteiger partial charge in [0.2, 0.25) is 10.0 Å². The molecule has 0 aliphatic rings. The van der Waals surface area contributed by atoms with E-state index in [0.29, 0.717) is 6.54 Å². The van der Waals surface area contributed by atoms with Crippen LogP contribution in [0.4, 0.5) is 0 Å². The minimum Gasteiger partial charge on any atom is -0.263 e. The molecule has 17 heavy (non-hydrogen) atoms. The third-order valence-electron chi connectivity index (χ3n) is 2.67. The Balaban J connectivity index is 3.06. The largest absolute Gasteiger partial charge is 0.263 e. The molecular formula is C11H17BrN2O2S. The van der Waals surface area contributed by atoms with Crippen molar-refractivity contribution in [3.05, 3.63) is 28.5 Å². The number of aromatic nitrogens is 1. The van der Waals surface area contributed by atoms with Crippen LogP contribution < -0.4 is 0 Å². The predicted molar refractivity (Wildman–Crippen MR) is 72.2 cm³/mol. The Morgan fingerprint density at radius 1 is 1.41 bits per heavy atom. The fraction of sp³-hybridized carbons (Fsp3) is 0.545. The first-order valence-electron chi connectivity index (χ1n) is 5.52. The van der Waals surface area contributed by atoms with Crippen LogP contribution in [0.2, 0.25) is 0 Å². The number of sulfonamides is 1. The van der Waals surface area contributed by atoms with Gasteiger partial charge in [-0.25, -0.2) is 8.42 Å². The van der Waals surface area contributed by atoms with Crippen molar-refractivity contribution >= 4 is 26.0 Å². The zero-order valence-corrected chi connectivity index (χ0v) is 12.6. The minimum atomic E-state index is -3.18. The molecule has 1 aromatic rings. The predicted octanol–water partition coefficient (Wildman–Crippen LogP) is 2.58. The molecule has 0 aromatic carbocycles. The maximum Gasteiger partial charge on any atom is 0.214 e. The van der Waals surface area contributed by atoms with Gasteiger partial charge in [-0.2, -0.15) is 4.31 Å². The summed E-state index contributed by atoms with van der Waals surface area (Å²) < 4.78 is 26.2. The van der Waals surface area contributed by atoms with Gasteiger partial charge in [-0.15, -0.1) is 0 Å². The fourth-order valence-electron chi connectivity index (χ4n) is 1.70. The summed E-state index contributed by atoms with van der Waals surface area (Å²) in [5.41, 5.74) is 0.887. The van der Waals surface area contributed by atoms with Crippen LogP contribution in [0.5, 0.6) is 0 Å². The summed E-state index contributed by atoms with van der Waals surface area (Å²) >= 11 is 3.34. The van der Waals surface area contributed by atoms with Crippen molar-refractivity contribution in [2.75, 3.05) is 12.3 Å². The number of hydrogen-bond acceptors (Lipinski definition) is 3. The molecule has 0 unspecified atom stereocenters. The van der Waals surface area contributed by atoms with Crippen molar-refractivity contribution in [1.82, 2.24) is 9.29 Å². The van der Waals surface area contributed by atoms with Crippen molar-refractivity contribution < 1.29 is 8.42 Å². The van der Waals surface area contributed by atoms with Gasteiger partial charge in [0, 0.05) is 29.5 Å². The molecule has 1 aromatic heterocycles. The summed E-state index contributed by atoms with van der Waals surface area (Å²) in [6, 6.07) is 1.70. The Bertz CT molecular complexity index is 476. The number of nitrogens with zero attached hydrogens (tertiary/aromatic N) is 2. The van der Waals surface area contributed by atoms with E-state index < -0.39 is 10.0 Å². The average molecular weight is 321 g/mol. The van der Waals surface area contributed by atoms with E-state index in [1.807, 2.05) is 19.9 Å². The molecule has 0 N–H and O–H groups in total. The Kier molecular flexibility index (Phi) is 5.09. The van der Waals surface area contributed by atoms with Gasteiger partial charge in [0.1, 0.15) is 0 Å². The van der Waals surface area contributed by atoms with Crippen LogP contribution >= 0.6 is 15.9 Å². The summed E-state index contributed by atoms with van der Waals surface area (Å²) in [5, 5.41) is 0. The van der Waals surface area contributed by atoms with E-state index in [-0.39, 0.29) is 11.8 Å². The first-order valence-corrected chi connectivity index (χ1v) is 7.92. The van der Waals surface area contributed by atoms with E-state index in [1.165, 1.54) is 4.31 Å². The van der Waals surface area contributed by atoms with Gasteiger partial charge in [0.25, 0.3) is 0 Å². The summed E-state index contributed by atoms with van der Waals surface area (Å²) in [7, 11) is -3.18. The smallest absolute Gasteiger partial charge is 0.214 e. The molecule has 0 bridgehead atoms. The Labute approximate surface area is 111 Å². The fourth-order valence-corrected chi connectivity index (χ4v) is 3.41. The van der Waals surface area contributed by atoms with Crippen molar-refractivity contribution in [2.24, 2.45) is 0 Å². The van der Waals surface area contributed by atoms with Gasteiger partial charge in [-0.3, -0.25) is 4.98 Å². The highest BCUT2D eigenvalue weighted by molar-refractivity contribution is 9.10.